The highest BCUT2D eigenvalue weighted by molar-refractivity contribution is 7.87. The Morgan fingerprint density at radius 1 is 1.50 bits per heavy atom. The second-order valence-electron chi connectivity index (χ2n) is 5.10. The zero-order chi connectivity index (χ0) is 15.3. The number of halogens is 2. The van der Waals surface area contributed by atoms with E-state index in [-0.39, 0.29) is 18.8 Å². The lowest BCUT2D eigenvalue weighted by Crippen LogP contribution is -2.48. The van der Waals surface area contributed by atoms with Crippen LogP contribution in [0.15, 0.2) is 0 Å². The first-order chi connectivity index (χ1) is 8.97. The number of fused-ring (bicyclic) bond motifs is 2. The van der Waals surface area contributed by atoms with E-state index in [0.717, 1.165) is 0 Å². The van der Waals surface area contributed by atoms with E-state index in [9.17, 15) is 26.8 Å². The Morgan fingerprint density at radius 2 is 2.10 bits per heavy atom. The summed E-state index contributed by atoms with van der Waals surface area (Å²) in [4.78, 5) is 22.6. The average molecular weight is 314 g/mol. The van der Waals surface area contributed by atoms with E-state index in [1.165, 1.54) is 6.92 Å². The number of hydrogen-bond acceptors (Lipinski definition) is 6. The lowest BCUT2D eigenvalue weighted by Gasteiger charge is -2.34. The molecule has 1 saturated heterocycles. The number of carbonyl (C=O) groups is 2. The number of alkyl halides is 2. The molecule has 2 aliphatic rings. The van der Waals surface area contributed by atoms with Gasteiger partial charge in [-0.3, -0.25) is 9.35 Å². The monoisotopic (exact) mass is 314 g/mol. The van der Waals surface area contributed by atoms with E-state index in [1.54, 1.807) is 0 Å². The Kier molecular flexibility index (Phi) is 3.29. The van der Waals surface area contributed by atoms with Crippen molar-refractivity contribution in [3.8, 4) is 0 Å². The summed E-state index contributed by atoms with van der Waals surface area (Å²) < 4.78 is 64.9. The summed E-state index contributed by atoms with van der Waals surface area (Å²) in [5, 5.41) is -5.05. The molecular formula is C10H12F2O7S. The van der Waals surface area contributed by atoms with Gasteiger partial charge in [0.1, 0.15) is 11.7 Å². The highest BCUT2D eigenvalue weighted by atomic mass is 32.2. The molecule has 2 bridgehead atoms. The summed E-state index contributed by atoms with van der Waals surface area (Å²) in [7, 11) is -5.91. The highest BCUT2D eigenvalue weighted by Gasteiger charge is 2.59. The van der Waals surface area contributed by atoms with Crippen molar-refractivity contribution in [3.63, 3.8) is 0 Å². The highest BCUT2D eigenvalue weighted by Crippen LogP contribution is 2.44. The number of rotatable bonds is 3. The smallest absolute Gasteiger partial charge is 0.455 e. The van der Waals surface area contributed by atoms with Crippen molar-refractivity contribution in [2.75, 3.05) is 0 Å². The van der Waals surface area contributed by atoms with Gasteiger partial charge in [0, 0.05) is 6.42 Å². The Labute approximate surface area is 113 Å². The SMILES string of the molecule is C[C@]12CC(CCC1OC(=O)C(F)(F)S(=O)(=O)O)C(=O)O2. The van der Waals surface area contributed by atoms with Crippen LogP contribution in [0.2, 0.25) is 0 Å². The minimum absolute atomic E-state index is 0.0974. The van der Waals surface area contributed by atoms with Gasteiger partial charge in [-0.2, -0.15) is 17.2 Å². The van der Waals surface area contributed by atoms with Crippen molar-refractivity contribution in [2.24, 2.45) is 5.92 Å². The van der Waals surface area contributed by atoms with Gasteiger partial charge in [0.15, 0.2) is 0 Å². The van der Waals surface area contributed by atoms with Crippen LogP contribution in [0, 0.1) is 5.92 Å². The molecular weight excluding hydrogens is 302 g/mol. The summed E-state index contributed by atoms with van der Waals surface area (Å²) in [6.07, 6.45) is -0.573. The molecule has 0 radical (unpaired) electrons. The minimum Gasteiger partial charge on any atom is -0.455 e. The van der Waals surface area contributed by atoms with Gasteiger partial charge in [0.2, 0.25) is 0 Å². The largest absolute Gasteiger partial charge is 0.465 e. The molecule has 0 aromatic heterocycles. The first kappa shape index (κ1) is 15.1. The average Bonchev–Trinajstić information content (AvgIpc) is 2.53. The lowest BCUT2D eigenvalue weighted by atomic mass is 9.80. The second-order valence-corrected chi connectivity index (χ2v) is 6.56. The molecule has 0 spiro atoms. The Morgan fingerprint density at radius 3 is 2.65 bits per heavy atom. The molecule has 2 fully saturated rings. The van der Waals surface area contributed by atoms with Crippen molar-refractivity contribution in [2.45, 2.75) is 43.1 Å². The summed E-state index contributed by atoms with van der Waals surface area (Å²) in [5.41, 5.74) is -1.25. The van der Waals surface area contributed by atoms with Crippen molar-refractivity contribution >= 4 is 22.1 Å². The fourth-order valence-corrected chi connectivity index (χ4v) is 2.75. The van der Waals surface area contributed by atoms with E-state index in [0.29, 0.717) is 6.42 Å². The van der Waals surface area contributed by atoms with Crippen LogP contribution in [-0.4, -0.2) is 41.9 Å². The van der Waals surface area contributed by atoms with Crippen LogP contribution in [0.3, 0.4) is 0 Å². The third-order valence-electron chi connectivity index (χ3n) is 3.59. The molecule has 0 aromatic carbocycles. The maximum Gasteiger partial charge on any atom is 0.465 e. The van der Waals surface area contributed by atoms with Crippen LogP contribution in [-0.2, 0) is 29.2 Å². The van der Waals surface area contributed by atoms with Gasteiger partial charge in [0.25, 0.3) is 0 Å². The fraction of sp³-hybridized carbons (Fsp3) is 0.800. The zero-order valence-corrected chi connectivity index (χ0v) is 11.2. The molecule has 114 valence electrons. The molecule has 20 heavy (non-hydrogen) atoms. The van der Waals surface area contributed by atoms with Crippen LogP contribution < -0.4 is 0 Å². The lowest BCUT2D eigenvalue weighted by molar-refractivity contribution is -0.185. The van der Waals surface area contributed by atoms with Crippen LogP contribution in [0.1, 0.15) is 26.2 Å². The number of ether oxygens (including phenoxy) is 2. The molecule has 1 aliphatic carbocycles. The maximum absolute atomic E-state index is 13.1. The predicted molar refractivity (Wildman–Crippen MR) is 58.2 cm³/mol. The normalized spacial score (nSPS) is 33.7. The van der Waals surface area contributed by atoms with E-state index >= 15 is 0 Å². The molecule has 2 rings (SSSR count). The number of esters is 2. The van der Waals surface area contributed by atoms with Gasteiger partial charge >= 0.3 is 27.3 Å². The predicted octanol–water partition coefficient (Wildman–Crippen LogP) is 0.494. The summed E-state index contributed by atoms with van der Waals surface area (Å²) in [5.74, 6) is -3.24. The first-order valence-electron chi connectivity index (χ1n) is 5.76. The third-order valence-corrected chi connectivity index (χ3v) is 4.40. The van der Waals surface area contributed by atoms with Gasteiger partial charge in [-0.05, 0) is 19.8 Å². The standard InChI is InChI=1S/C10H12F2O7S/c1-9-4-5(7(13)19-9)2-3-6(9)18-8(14)10(11,12)20(15,16)17/h5-6H,2-4H2,1H3,(H,15,16,17)/t5?,6?,9-/m0/s1. The van der Waals surface area contributed by atoms with Gasteiger partial charge in [-0.1, -0.05) is 0 Å². The molecule has 1 N–H and O–H groups in total. The van der Waals surface area contributed by atoms with Crippen LogP contribution in [0.4, 0.5) is 8.78 Å². The third kappa shape index (κ3) is 2.26. The van der Waals surface area contributed by atoms with E-state index < -0.39 is 39.0 Å². The molecule has 7 nitrogen and oxygen atoms in total. The van der Waals surface area contributed by atoms with Crippen LogP contribution in [0.25, 0.3) is 0 Å². The molecule has 1 heterocycles. The van der Waals surface area contributed by atoms with Crippen molar-refractivity contribution in [1.29, 1.82) is 0 Å². The van der Waals surface area contributed by atoms with Crippen molar-refractivity contribution < 1.29 is 40.8 Å². The van der Waals surface area contributed by atoms with Gasteiger partial charge in [-0.25, -0.2) is 4.79 Å². The molecule has 0 aromatic rings. The fourth-order valence-electron chi connectivity index (χ4n) is 2.49. The van der Waals surface area contributed by atoms with E-state index in [2.05, 4.69) is 4.74 Å². The summed E-state index contributed by atoms with van der Waals surface area (Å²) in [6, 6.07) is 0. The Hall–Kier alpha value is -1.29. The van der Waals surface area contributed by atoms with E-state index in [1.807, 2.05) is 0 Å². The van der Waals surface area contributed by atoms with Crippen molar-refractivity contribution in [3.05, 3.63) is 0 Å². The molecule has 2 unspecified atom stereocenters. The quantitative estimate of drug-likeness (QED) is 0.597. The topological polar surface area (TPSA) is 107 Å². The first-order valence-corrected chi connectivity index (χ1v) is 7.20. The Bertz CT molecular complexity index is 558. The molecule has 1 saturated carbocycles. The van der Waals surface area contributed by atoms with Crippen molar-refractivity contribution in [1.82, 2.24) is 0 Å². The zero-order valence-electron chi connectivity index (χ0n) is 10.3. The molecule has 10 heteroatoms. The molecule has 1 aliphatic heterocycles. The molecule has 0 amide bonds. The van der Waals surface area contributed by atoms with Gasteiger partial charge < -0.3 is 9.47 Å². The number of carbonyl (C=O) groups excluding carboxylic acids is 2. The minimum atomic E-state index is -5.91. The van der Waals surface area contributed by atoms with E-state index in [4.69, 9.17) is 9.29 Å². The summed E-state index contributed by atoms with van der Waals surface area (Å²) >= 11 is 0. The summed E-state index contributed by atoms with van der Waals surface area (Å²) in [6.45, 7) is 1.42. The second kappa shape index (κ2) is 4.35. The number of hydrogen-bond donors (Lipinski definition) is 1. The molecule has 3 atom stereocenters. The Balaban J connectivity index is 2.15. The van der Waals surface area contributed by atoms with Gasteiger partial charge in [-0.15, -0.1) is 0 Å². The van der Waals surface area contributed by atoms with Crippen LogP contribution >= 0.6 is 0 Å². The maximum atomic E-state index is 13.1. The van der Waals surface area contributed by atoms with Gasteiger partial charge in [0.05, 0.1) is 5.92 Å². The van der Waals surface area contributed by atoms with Crippen LogP contribution in [0.5, 0.6) is 0 Å².